The number of fused-ring (bicyclic) bond motifs is 2. The monoisotopic (exact) mass is 339 g/mol. The molecule has 0 unspecified atom stereocenters. The van der Waals surface area contributed by atoms with Crippen LogP contribution in [-0.4, -0.2) is 38.2 Å². The van der Waals surface area contributed by atoms with E-state index in [4.69, 9.17) is 4.74 Å². The summed E-state index contributed by atoms with van der Waals surface area (Å²) in [6.45, 7) is 10.8. The van der Waals surface area contributed by atoms with E-state index in [1.165, 1.54) is 24.2 Å². The molecule has 1 heterocycles. The summed E-state index contributed by atoms with van der Waals surface area (Å²) in [5.74, 6) is 0.777. The lowest BCUT2D eigenvalue weighted by Gasteiger charge is -2.34. The van der Waals surface area contributed by atoms with Crippen molar-refractivity contribution in [3.8, 4) is 0 Å². The summed E-state index contributed by atoms with van der Waals surface area (Å²) in [4.78, 5) is 2.36. The minimum absolute atomic E-state index is 0.231. The molecule has 1 saturated heterocycles. The molecule has 0 aromatic heterocycles. The molecule has 4 rings (SSSR count). The van der Waals surface area contributed by atoms with E-state index in [-0.39, 0.29) is 5.41 Å². The van der Waals surface area contributed by atoms with Gasteiger partial charge in [0, 0.05) is 29.9 Å². The summed E-state index contributed by atoms with van der Waals surface area (Å²) in [6, 6.07) is 8.59. The number of hydrogen-bond donors (Lipinski definition) is 0. The molecule has 3 fully saturated rings. The van der Waals surface area contributed by atoms with Crippen LogP contribution in [0.1, 0.15) is 45.6 Å². The topological polar surface area (TPSA) is 37.2 Å². The van der Waals surface area contributed by atoms with Crippen molar-refractivity contribution in [1.29, 1.82) is 0 Å². The highest BCUT2D eigenvalue weighted by molar-refractivity contribution is 5.94. The Bertz CT molecular complexity index is 686. The Kier molecular flexibility index (Phi) is 4.19. The molecule has 25 heavy (non-hydrogen) atoms. The summed E-state index contributed by atoms with van der Waals surface area (Å²) < 4.78 is 5.41. The largest absolute Gasteiger partial charge is 0.378 e. The lowest BCUT2D eigenvalue weighted by molar-refractivity contribution is 0.122. The lowest BCUT2D eigenvalue weighted by Crippen LogP contribution is -2.36. The Labute approximate surface area is 151 Å². The van der Waals surface area contributed by atoms with Gasteiger partial charge in [0.05, 0.1) is 19.4 Å². The van der Waals surface area contributed by atoms with Gasteiger partial charge in [-0.15, -0.1) is 0 Å². The predicted molar refractivity (Wildman–Crippen MR) is 104 cm³/mol. The molecule has 4 heteroatoms. The van der Waals surface area contributed by atoms with Crippen LogP contribution in [0.5, 0.6) is 0 Å². The first-order valence-corrected chi connectivity index (χ1v) is 9.54. The fraction of sp³-hybridized carbons (Fsp3) is 0.619. The van der Waals surface area contributed by atoms with Crippen LogP contribution < -0.4 is 4.90 Å². The first-order chi connectivity index (χ1) is 12.0. The molecule has 2 saturated carbocycles. The zero-order valence-electron chi connectivity index (χ0n) is 15.7. The minimum atomic E-state index is 0.231. The van der Waals surface area contributed by atoms with Gasteiger partial charge in [-0.25, -0.2) is 0 Å². The summed E-state index contributed by atoms with van der Waals surface area (Å²) in [5, 5.41) is 9.06. The number of morpholine rings is 1. The van der Waals surface area contributed by atoms with Gasteiger partial charge in [-0.2, -0.15) is 10.2 Å². The molecule has 0 amide bonds. The number of rotatable bonds is 3. The quantitative estimate of drug-likeness (QED) is 0.613. The molecule has 2 atom stereocenters. The highest BCUT2D eigenvalue weighted by Gasteiger charge is 2.59. The smallest absolute Gasteiger partial charge is 0.0642 e. The second-order valence-electron chi connectivity index (χ2n) is 8.48. The number of hydrogen-bond acceptors (Lipinski definition) is 4. The molecule has 1 aromatic carbocycles. The molecule has 4 nitrogen and oxygen atoms in total. The Hall–Kier alpha value is -1.68. The number of anilines is 1. The molecule has 134 valence electrons. The predicted octanol–water partition coefficient (Wildman–Crippen LogP) is 4.14. The van der Waals surface area contributed by atoms with Gasteiger partial charge in [-0.05, 0) is 48.3 Å². The third-order valence-electron chi connectivity index (χ3n) is 7.17. The molecule has 1 aromatic rings. The zero-order valence-corrected chi connectivity index (χ0v) is 15.7. The van der Waals surface area contributed by atoms with Crippen LogP contribution in [0.2, 0.25) is 0 Å². The molecular weight excluding hydrogens is 310 g/mol. The van der Waals surface area contributed by atoms with Crippen molar-refractivity contribution >= 4 is 17.6 Å². The van der Waals surface area contributed by atoms with Gasteiger partial charge >= 0.3 is 0 Å². The summed E-state index contributed by atoms with van der Waals surface area (Å²) in [6.07, 6.45) is 5.61. The van der Waals surface area contributed by atoms with E-state index < -0.39 is 0 Å². The van der Waals surface area contributed by atoms with Crippen molar-refractivity contribution in [1.82, 2.24) is 0 Å². The van der Waals surface area contributed by atoms with E-state index in [0.29, 0.717) is 5.41 Å². The Morgan fingerprint density at radius 3 is 2.44 bits per heavy atom. The lowest BCUT2D eigenvalue weighted by atomic mass is 9.70. The number of benzene rings is 1. The maximum absolute atomic E-state index is 5.41. The maximum Gasteiger partial charge on any atom is 0.0642 e. The van der Waals surface area contributed by atoms with E-state index in [0.717, 1.165) is 44.2 Å². The van der Waals surface area contributed by atoms with Gasteiger partial charge < -0.3 is 9.64 Å². The zero-order chi connectivity index (χ0) is 17.5. The van der Waals surface area contributed by atoms with Gasteiger partial charge in [0.15, 0.2) is 0 Å². The van der Waals surface area contributed by atoms with Gasteiger partial charge in [0.25, 0.3) is 0 Å². The SMILES string of the molecule is CC1(C)[C@H]2CC[C@]1(C)/C(=N/N=C\c1ccc(N3CCOCC3)cc1)C2. The van der Waals surface area contributed by atoms with Crippen LogP contribution in [0, 0.1) is 16.7 Å². The third kappa shape index (κ3) is 2.80. The van der Waals surface area contributed by atoms with Crippen LogP contribution in [0.3, 0.4) is 0 Å². The number of nitrogens with zero attached hydrogens (tertiary/aromatic N) is 3. The highest BCUT2D eigenvalue weighted by atomic mass is 16.5. The van der Waals surface area contributed by atoms with Crippen LogP contribution >= 0.6 is 0 Å². The molecule has 0 radical (unpaired) electrons. The van der Waals surface area contributed by atoms with Crippen LogP contribution in [-0.2, 0) is 4.74 Å². The van der Waals surface area contributed by atoms with E-state index >= 15 is 0 Å². The molecule has 3 aliphatic rings. The first-order valence-electron chi connectivity index (χ1n) is 9.54. The molecule has 2 aliphatic carbocycles. The fourth-order valence-corrected chi connectivity index (χ4v) is 4.84. The van der Waals surface area contributed by atoms with E-state index in [1.54, 1.807) is 0 Å². The van der Waals surface area contributed by atoms with Crippen molar-refractivity contribution in [3.05, 3.63) is 29.8 Å². The van der Waals surface area contributed by atoms with Gasteiger partial charge in [0.2, 0.25) is 0 Å². The van der Waals surface area contributed by atoms with Gasteiger partial charge in [-0.3, -0.25) is 0 Å². The summed E-state index contributed by atoms with van der Waals surface area (Å²) >= 11 is 0. The third-order valence-corrected chi connectivity index (χ3v) is 7.17. The van der Waals surface area contributed by atoms with Crippen molar-refractivity contribution in [3.63, 3.8) is 0 Å². The second kappa shape index (κ2) is 6.24. The first kappa shape index (κ1) is 16.8. The average Bonchev–Trinajstić information content (AvgIpc) is 2.96. The van der Waals surface area contributed by atoms with E-state index in [9.17, 15) is 0 Å². The van der Waals surface area contributed by atoms with Crippen molar-refractivity contribution in [2.45, 2.75) is 40.0 Å². The highest BCUT2D eigenvalue weighted by Crippen LogP contribution is 2.63. The summed E-state index contributed by atoms with van der Waals surface area (Å²) in [5.41, 5.74) is 4.26. The molecule has 1 aliphatic heterocycles. The Balaban J connectivity index is 1.44. The maximum atomic E-state index is 5.41. The van der Waals surface area contributed by atoms with E-state index in [1.807, 2.05) is 6.21 Å². The molecular formula is C21H29N3O. The Morgan fingerprint density at radius 1 is 1.12 bits per heavy atom. The van der Waals surface area contributed by atoms with Gasteiger partial charge in [0.1, 0.15) is 0 Å². The van der Waals surface area contributed by atoms with Gasteiger partial charge in [-0.1, -0.05) is 32.9 Å². The standard InChI is InChI=1S/C21H29N3O/c1-20(2)17-8-9-21(20,3)19(14-17)23-22-15-16-4-6-18(7-5-16)24-10-12-25-13-11-24/h4-7,15,17H,8-14H2,1-3H3/b22-15-,23-19+/t17-,21+/m0/s1. The minimum Gasteiger partial charge on any atom is -0.378 e. The molecule has 0 spiro atoms. The summed E-state index contributed by atoms with van der Waals surface area (Å²) in [7, 11) is 0. The molecule has 2 bridgehead atoms. The second-order valence-corrected chi connectivity index (χ2v) is 8.48. The van der Waals surface area contributed by atoms with Crippen molar-refractivity contribution < 1.29 is 4.74 Å². The molecule has 0 N–H and O–H groups in total. The van der Waals surface area contributed by atoms with Crippen molar-refractivity contribution in [2.24, 2.45) is 27.0 Å². The van der Waals surface area contributed by atoms with Crippen LogP contribution in [0.25, 0.3) is 0 Å². The van der Waals surface area contributed by atoms with Crippen LogP contribution in [0.15, 0.2) is 34.5 Å². The van der Waals surface area contributed by atoms with Crippen molar-refractivity contribution in [2.75, 3.05) is 31.2 Å². The average molecular weight is 339 g/mol. The fourth-order valence-electron chi connectivity index (χ4n) is 4.84. The normalized spacial score (nSPS) is 32.8. The van der Waals surface area contributed by atoms with Crippen LogP contribution in [0.4, 0.5) is 5.69 Å². The van der Waals surface area contributed by atoms with E-state index in [2.05, 4.69) is 60.1 Å². The Morgan fingerprint density at radius 2 is 1.84 bits per heavy atom. The number of ether oxygens (including phenoxy) is 1.